The van der Waals surface area contributed by atoms with Gasteiger partial charge in [0, 0.05) is 18.7 Å². The number of aromatic nitrogens is 1. The van der Waals surface area contributed by atoms with E-state index in [0.29, 0.717) is 17.6 Å². The number of aryl methyl sites for hydroxylation is 1. The van der Waals surface area contributed by atoms with Crippen LogP contribution in [0.4, 0.5) is 5.69 Å². The van der Waals surface area contributed by atoms with Gasteiger partial charge in [0.2, 0.25) is 0 Å². The second kappa shape index (κ2) is 5.92. The summed E-state index contributed by atoms with van der Waals surface area (Å²) in [5.41, 5.74) is 0.812. The lowest BCUT2D eigenvalue weighted by molar-refractivity contribution is -0.384. The lowest BCUT2D eigenvalue weighted by atomic mass is 10.2. The van der Waals surface area contributed by atoms with Gasteiger partial charge in [-0.15, -0.1) is 0 Å². The fourth-order valence-corrected chi connectivity index (χ4v) is 2.16. The van der Waals surface area contributed by atoms with Gasteiger partial charge in [-0.3, -0.25) is 14.7 Å². The SMILES string of the molecule is O=c1oc2ccc([N+](=O)[O-])cc2n1CCCCCS. The molecular weight excluding hydrogens is 268 g/mol. The van der Waals surface area contributed by atoms with Crippen molar-refractivity contribution in [3.63, 3.8) is 0 Å². The minimum absolute atomic E-state index is 0.0441. The van der Waals surface area contributed by atoms with Gasteiger partial charge in [0.25, 0.3) is 5.69 Å². The summed E-state index contributed by atoms with van der Waals surface area (Å²) in [6.07, 6.45) is 2.75. The Morgan fingerprint density at radius 1 is 1.32 bits per heavy atom. The molecule has 102 valence electrons. The third-order valence-electron chi connectivity index (χ3n) is 2.90. The molecule has 0 unspecified atom stereocenters. The van der Waals surface area contributed by atoms with Crippen molar-refractivity contribution in [2.45, 2.75) is 25.8 Å². The predicted octanol–water partition coefficient (Wildman–Crippen LogP) is 2.60. The normalized spacial score (nSPS) is 11.0. The van der Waals surface area contributed by atoms with Gasteiger partial charge in [-0.05, 0) is 24.7 Å². The number of non-ortho nitro benzene ring substituents is 1. The zero-order valence-corrected chi connectivity index (χ0v) is 11.1. The summed E-state index contributed by atoms with van der Waals surface area (Å²) >= 11 is 4.12. The molecule has 1 heterocycles. The lowest BCUT2D eigenvalue weighted by Crippen LogP contribution is -2.14. The molecule has 0 N–H and O–H groups in total. The number of nitro benzene ring substituents is 1. The Bertz CT molecular complexity index is 647. The van der Waals surface area contributed by atoms with E-state index in [4.69, 9.17) is 4.42 Å². The Hall–Kier alpha value is -1.76. The molecule has 7 heteroatoms. The summed E-state index contributed by atoms with van der Waals surface area (Å²) in [7, 11) is 0. The number of unbranched alkanes of at least 4 members (excludes halogenated alkanes) is 2. The largest absolute Gasteiger partial charge is 0.419 e. The summed E-state index contributed by atoms with van der Waals surface area (Å²) in [6, 6.07) is 4.16. The Balaban J connectivity index is 2.30. The smallest absolute Gasteiger partial charge is 0.408 e. The van der Waals surface area contributed by atoms with Gasteiger partial charge in [-0.2, -0.15) is 12.6 Å². The minimum atomic E-state index is -0.484. The molecule has 0 spiro atoms. The van der Waals surface area contributed by atoms with Gasteiger partial charge in [0.1, 0.15) is 0 Å². The summed E-state index contributed by atoms with van der Waals surface area (Å²) in [5.74, 6) is 0.341. The van der Waals surface area contributed by atoms with Crippen LogP contribution in [0.3, 0.4) is 0 Å². The van der Waals surface area contributed by atoms with Crippen molar-refractivity contribution in [2.75, 3.05) is 5.75 Å². The van der Waals surface area contributed by atoms with Crippen LogP contribution in [0.15, 0.2) is 27.4 Å². The lowest BCUT2D eigenvalue weighted by Gasteiger charge is -2.01. The van der Waals surface area contributed by atoms with Crippen molar-refractivity contribution in [2.24, 2.45) is 0 Å². The molecule has 19 heavy (non-hydrogen) atoms. The number of benzene rings is 1. The average Bonchev–Trinajstić information content (AvgIpc) is 2.70. The van der Waals surface area contributed by atoms with E-state index in [9.17, 15) is 14.9 Å². The predicted molar refractivity (Wildman–Crippen MR) is 74.8 cm³/mol. The van der Waals surface area contributed by atoms with Crippen LogP contribution >= 0.6 is 12.6 Å². The standard InChI is InChI=1S/C12H14N2O4S/c15-12-13(6-2-1-3-7-19)10-8-9(14(16)17)4-5-11(10)18-12/h4-5,8,19H,1-3,6-7H2. The van der Waals surface area contributed by atoms with Crippen LogP contribution < -0.4 is 5.76 Å². The molecule has 0 aliphatic heterocycles. The second-order valence-corrected chi connectivity index (χ2v) is 4.66. The molecule has 6 nitrogen and oxygen atoms in total. The quantitative estimate of drug-likeness (QED) is 0.382. The fourth-order valence-electron chi connectivity index (χ4n) is 1.93. The summed E-state index contributed by atoms with van der Waals surface area (Å²) in [4.78, 5) is 22.0. The number of oxazole rings is 1. The van der Waals surface area contributed by atoms with Crippen LogP contribution in [0.2, 0.25) is 0 Å². The molecule has 1 aromatic carbocycles. The first-order valence-corrected chi connectivity index (χ1v) is 6.65. The molecule has 2 rings (SSSR count). The molecular formula is C12H14N2O4S. The Labute approximate surface area is 114 Å². The Morgan fingerprint density at radius 3 is 2.79 bits per heavy atom. The highest BCUT2D eigenvalue weighted by Crippen LogP contribution is 2.20. The van der Waals surface area contributed by atoms with E-state index in [1.807, 2.05) is 0 Å². The second-order valence-electron chi connectivity index (χ2n) is 4.21. The molecule has 0 fully saturated rings. The molecule has 0 radical (unpaired) electrons. The first-order valence-electron chi connectivity index (χ1n) is 6.02. The van der Waals surface area contributed by atoms with Crippen molar-refractivity contribution in [3.8, 4) is 0 Å². The first kappa shape index (κ1) is 13.7. The van der Waals surface area contributed by atoms with Crippen molar-refractivity contribution >= 4 is 29.4 Å². The van der Waals surface area contributed by atoms with E-state index in [0.717, 1.165) is 25.0 Å². The molecule has 2 aromatic rings. The van der Waals surface area contributed by atoms with Crippen LogP contribution in [0, 0.1) is 10.1 Å². The molecule has 0 saturated carbocycles. The number of thiol groups is 1. The van der Waals surface area contributed by atoms with Gasteiger partial charge in [0.05, 0.1) is 10.4 Å². The third kappa shape index (κ3) is 2.98. The van der Waals surface area contributed by atoms with E-state index in [1.165, 1.54) is 22.8 Å². The minimum Gasteiger partial charge on any atom is -0.408 e. The average molecular weight is 282 g/mol. The monoisotopic (exact) mass is 282 g/mol. The van der Waals surface area contributed by atoms with Crippen LogP contribution in [-0.2, 0) is 6.54 Å². The van der Waals surface area contributed by atoms with Crippen LogP contribution in [0.5, 0.6) is 0 Å². The number of nitro groups is 1. The van der Waals surface area contributed by atoms with Gasteiger partial charge in [0.15, 0.2) is 5.58 Å². The zero-order valence-electron chi connectivity index (χ0n) is 10.2. The van der Waals surface area contributed by atoms with E-state index in [2.05, 4.69) is 12.6 Å². The Morgan fingerprint density at radius 2 is 2.11 bits per heavy atom. The fraction of sp³-hybridized carbons (Fsp3) is 0.417. The topological polar surface area (TPSA) is 78.3 Å². The van der Waals surface area contributed by atoms with Gasteiger partial charge < -0.3 is 4.42 Å². The van der Waals surface area contributed by atoms with E-state index >= 15 is 0 Å². The molecule has 0 aliphatic rings. The van der Waals surface area contributed by atoms with E-state index in [1.54, 1.807) is 0 Å². The number of fused-ring (bicyclic) bond motifs is 1. The van der Waals surface area contributed by atoms with Gasteiger partial charge in [-0.25, -0.2) is 4.79 Å². The maximum atomic E-state index is 11.7. The molecule has 0 amide bonds. The molecule has 0 bridgehead atoms. The highest BCUT2D eigenvalue weighted by Gasteiger charge is 2.13. The van der Waals surface area contributed by atoms with Gasteiger partial charge in [-0.1, -0.05) is 6.42 Å². The zero-order chi connectivity index (χ0) is 13.8. The van der Waals surface area contributed by atoms with E-state index in [-0.39, 0.29) is 5.69 Å². The number of rotatable bonds is 6. The van der Waals surface area contributed by atoms with E-state index < -0.39 is 10.7 Å². The summed E-state index contributed by atoms with van der Waals surface area (Å²) in [5, 5.41) is 10.7. The highest BCUT2D eigenvalue weighted by molar-refractivity contribution is 7.80. The molecule has 1 aromatic heterocycles. The van der Waals surface area contributed by atoms with Crippen molar-refractivity contribution < 1.29 is 9.34 Å². The third-order valence-corrected chi connectivity index (χ3v) is 3.22. The van der Waals surface area contributed by atoms with Crippen LogP contribution in [0.1, 0.15) is 19.3 Å². The maximum absolute atomic E-state index is 11.7. The van der Waals surface area contributed by atoms with Crippen LogP contribution in [0.25, 0.3) is 11.1 Å². The molecule has 0 saturated heterocycles. The number of nitrogens with zero attached hydrogens (tertiary/aromatic N) is 2. The highest BCUT2D eigenvalue weighted by atomic mass is 32.1. The number of hydrogen-bond acceptors (Lipinski definition) is 5. The van der Waals surface area contributed by atoms with Crippen molar-refractivity contribution in [3.05, 3.63) is 38.9 Å². The van der Waals surface area contributed by atoms with Crippen molar-refractivity contribution in [1.82, 2.24) is 4.57 Å². The van der Waals surface area contributed by atoms with Gasteiger partial charge >= 0.3 is 5.76 Å². The summed E-state index contributed by atoms with van der Waals surface area (Å²) < 4.78 is 6.51. The molecule has 0 atom stereocenters. The Kier molecular flexibility index (Phi) is 4.26. The van der Waals surface area contributed by atoms with Crippen molar-refractivity contribution in [1.29, 1.82) is 0 Å². The number of hydrogen-bond donors (Lipinski definition) is 1. The maximum Gasteiger partial charge on any atom is 0.419 e. The van der Waals surface area contributed by atoms with Crippen LogP contribution in [-0.4, -0.2) is 15.2 Å². The summed E-state index contributed by atoms with van der Waals surface area (Å²) in [6.45, 7) is 0.501. The molecule has 0 aliphatic carbocycles. The first-order chi connectivity index (χ1) is 9.13.